The fraction of sp³-hybridized carbons (Fsp3) is 0.650. The zero-order valence-corrected chi connectivity index (χ0v) is 16.4. The molecule has 2 aliphatic rings. The number of amides is 1. The predicted molar refractivity (Wildman–Crippen MR) is 102 cm³/mol. The van der Waals surface area contributed by atoms with Gasteiger partial charge in [0.05, 0.1) is 4.90 Å². The molecule has 0 atom stereocenters. The maximum absolute atomic E-state index is 12.6. The molecule has 0 spiro atoms. The van der Waals surface area contributed by atoms with Crippen LogP contribution in [0.5, 0.6) is 0 Å². The molecule has 1 aliphatic carbocycles. The van der Waals surface area contributed by atoms with Gasteiger partial charge in [-0.2, -0.15) is 0 Å². The Bertz CT molecular complexity index is 701. The van der Waals surface area contributed by atoms with Crippen LogP contribution in [0.4, 0.5) is 0 Å². The minimum absolute atomic E-state index is 0.0961. The summed E-state index contributed by atoms with van der Waals surface area (Å²) in [6.45, 7) is 3.35. The number of nitrogens with one attached hydrogen (secondary N) is 1. The van der Waals surface area contributed by atoms with Gasteiger partial charge >= 0.3 is 0 Å². The lowest BCUT2D eigenvalue weighted by molar-refractivity contribution is -0.137. The van der Waals surface area contributed by atoms with Crippen LogP contribution < -0.4 is 4.72 Å². The van der Waals surface area contributed by atoms with Crippen molar-refractivity contribution in [1.82, 2.24) is 9.62 Å². The highest BCUT2D eigenvalue weighted by molar-refractivity contribution is 7.89. The molecule has 0 bridgehead atoms. The maximum atomic E-state index is 12.6. The summed E-state index contributed by atoms with van der Waals surface area (Å²) < 4.78 is 28.0. The van der Waals surface area contributed by atoms with Crippen molar-refractivity contribution >= 4 is 15.9 Å². The minimum Gasteiger partial charge on any atom is -0.342 e. The van der Waals surface area contributed by atoms with Crippen LogP contribution in [0, 0.1) is 5.92 Å². The number of hydrogen-bond donors (Lipinski definition) is 1. The van der Waals surface area contributed by atoms with Gasteiger partial charge in [-0.25, -0.2) is 13.1 Å². The van der Waals surface area contributed by atoms with Crippen LogP contribution in [0.3, 0.4) is 0 Å². The van der Waals surface area contributed by atoms with E-state index in [1.54, 1.807) is 12.1 Å². The number of benzene rings is 1. The van der Waals surface area contributed by atoms with Crippen molar-refractivity contribution in [3.63, 3.8) is 0 Å². The molecule has 1 saturated carbocycles. The average molecular weight is 379 g/mol. The van der Waals surface area contributed by atoms with Crippen molar-refractivity contribution < 1.29 is 13.2 Å². The Balaban J connectivity index is 1.53. The molecule has 1 aliphatic heterocycles. The highest BCUT2D eigenvalue weighted by atomic mass is 32.2. The van der Waals surface area contributed by atoms with Crippen molar-refractivity contribution in [1.29, 1.82) is 0 Å². The van der Waals surface area contributed by atoms with Crippen LogP contribution in [-0.2, 0) is 21.2 Å². The molecule has 26 heavy (non-hydrogen) atoms. The summed E-state index contributed by atoms with van der Waals surface area (Å²) in [5, 5.41) is 0. The van der Waals surface area contributed by atoms with Crippen molar-refractivity contribution in [3.05, 3.63) is 29.8 Å². The molecule has 1 aromatic carbocycles. The number of likely N-dealkylation sites (tertiary alicyclic amines) is 1. The van der Waals surface area contributed by atoms with E-state index in [-0.39, 0.29) is 17.9 Å². The third-order valence-corrected chi connectivity index (χ3v) is 7.26. The zero-order valence-electron chi connectivity index (χ0n) is 15.6. The molecule has 1 heterocycles. The third-order valence-electron chi connectivity index (χ3n) is 5.72. The highest BCUT2D eigenvalue weighted by Gasteiger charge is 2.30. The molecule has 0 unspecified atom stereocenters. The lowest BCUT2D eigenvalue weighted by Crippen LogP contribution is -2.48. The normalized spacial score (nSPS) is 20.3. The van der Waals surface area contributed by atoms with Gasteiger partial charge in [-0.1, -0.05) is 38.3 Å². The first-order chi connectivity index (χ1) is 12.5. The number of aryl methyl sites for hydroxylation is 1. The number of hydrogen-bond acceptors (Lipinski definition) is 3. The second kappa shape index (κ2) is 8.53. The molecule has 144 valence electrons. The summed E-state index contributed by atoms with van der Waals surface area (Å²) >= 11 is 0. The first-order valence-corrected chi connectivity index (χ1v) is 11.4. The molecule has 0 radical (unpaired) electrons. The summed E-state index contributed by atoms with van der Waals surface area (Å²) in [6.07, 6.45) is 7.84. The number of rotatable bonds is 5. The molecule has 1 saturated heterocycles. The molecule has 1 aromatic rings. The Hall–Kier alpha value is -1.40. The fourth-order valence-electron chi connectivity index (χ4n) is 4.02. The second-order valence-electron chi connectivity index (χ2n) is 7.55. The summed E-state index contributed by atoms with van der Waals surface area (Å²) in [6, 6.07) is 6.97. The van der Waals surface area contributed by atoms with Gasteiger partial charge in [-0.15, -0.1) is 0 Å². The number of nitrogens with zero attached hydrogens (tertiary/aromatic N) is 1. The van der Waals surface area contributed by atoms with E-state index in [0.29, 0.717) is 30.8 Å². The molecular weight excluding hydrogens is 348 g/mol. The molecule has 2 fully saturated rings. The van der Waals surface area contributed by atoms with Gasteiger partial charge in [0, 0.05) is 25.0 Å². The van der Waals surface area contributed by atoms with Crippen molar-refractivity contribution in [2.24, 2.45) is 5.92 Å². The Kier molecular flexibility index (Phi) is 6.35. The smallest absolute Gasteiger partial charge is 0.240 e. The summed E-state index contributed by atoms with van der Waals surface area (Å²) in [4.78, 5) is 14.9. The quantitative estimate of drug-likeness (QED) is 0.856. The second-order valence-corrected chi connectivity index (χ2v) is 9.27. The fourth-order valence-corrected chi connectivity index (χ4v) is 5.32. The molecule has 0 aromatic heterocycles. The molecular formula is C20H30N2O3S. The molecule has 3 rings (SSSR count). The van der Waals surface area contributed by atoms with Crippen LogP contribution >= 0.6 is 0 Å². The van der Waals surface area contributed by atoms with Crippen molar-refractivity contribution in [2.45, 2.75) is 69.2 Å². The van der Waals surface area contributed by atoms with Gasteiger partial charge < -0.3 is 4.90 Å². The lowest BCUT2D eigenvalue weighted by Gasteiger charge is -2.35. The third kappa shape index (κ3) is 4.65. The van der Waals surface area contributed by atoms with E-state index < -0.39 is 10.0 Å². The van der Waals surface area contributed by atoms with Gasteiger partial charge in [-0.05, 0) is 49.8 Å². The largest absolute Gasteiger partial charge is 0.342 e. The molecule has 1 N–H and O–H groups in total. The monoisotopic (exact) mass is 378 g/mol. The van der Waals surface area contributed by atoms with E-state index in [4.69, 9.17) is 0 Å². The first kappa shape index (κ1) is 19.4. The van der Waals surface area contributed by atoms with E-state index >= 15 is 0 Å². The molecule has 5 nitrogen and oxygen atoms in total. The maximum Gasteiger partial charge on any atom is 0.240 e. The van der Waals surface area contributed by atoms with Crippen LogP contribution in [0.1, 0.15) is 57.4 Å². The zero-order chi connectivity index (χ0) is 18.6. The van der Waals surface area contributed by atoms with E-state index in [0.717, 1.165) is 37.7 Å². The van der Waals surface area contributed by atoms with Crippen LogP contribution in [0.15, 0.2) is 29.2 Å². The van der Waals surface area contributed by atoms with Gasteiger partial charge in [0.2, 0.25) is 15.9 Å². The van der Waals surface area contributed by atoms with Crippen LogP contribution in [-0.4, -0.2) is 38.4 Å². The van der Waals surface area contributed by atoms with E-state index in [1.807, 2.05) is 24.0 Å². The minimum atomic E-state index is -3.50. The topological polar surface area (TPSA) is 66.5 Å². The van der Waals surface area contributed by atoms with E-state index in [2.05, 4.69) is 4.72 Å². The molecule has 1 amide bonds. The SMILES string of the molecule is CCc1ccc(S(=O)(=O)NC2CCN(C(=O)C3CCCCC3)CC2)cc1. The van der Waals surface area contributed by atoms with Gasteiger partial charge in [0.25, 0.3) is 0 Å². The number of carbonyl (C=O) groups is 1. The Morgan fingerprint density at radius 1 is 1.04 bits per heavy atom. The first-order valence-electron chi connectivity index (χ1n) is 9.89. The summed E-state index contributed by atoms with van der Waals surface area (Å²) in [7, 11) is -3.50. The average Bonchev–Trinajstić information content (AvgIpc) is 2.68. The predicted octanol–water partition coefficient (Wildman–Crippen LogP) is 3.10. The number of carbonyl (C=O) groups excluding carboxylic acids is 1. The number of piperidine rings is 1. The highest BCUT2D eigenvalue weighted by Crippen LogP contribution is 2.27. The van der Waals surface area contributed by atoms with E-state index in [1.165, 1.54) is 6.42 Å². The Morgan fingerprint density at radius 3 is 2.23 bits per heavy atom. The Morgan fingerprint density at radius 2 is 1.65 bits per heavy atom. The summed E-state index contributed by atoms with van der Waals surface area (Å²) in [5.41, 5.74) is 1.12. The van der Waals surface area contributed by atoms with Gasteiger partial charge in [0.15, 0.2) is 0 Å². The van der Waals surface area contributed by atoms with Crippen molar-refractivity contribution in [2.75, 3.05) is 13.1 Å². The molecule has 6 heteroatoms. The van der Waals surface area contributed by atoms with Crippen LogP contribution in [0.2, 0.25) is 0 Å². The van der Waals surface area contributed by atoms with Gasteiger partial charge in [-0.3, -0.25) is 4.79 Å². The van der Waals surface area contributed by atoms with Gasteiger partial charge in [0.1, 0.15) is 0 Å². The van der Waals surface area contributed by atoms with E-state index in [9.17, 15) is 13.2 Å². The van der Waals surface area contributed by atoms with Crippen molar-refractivity contribution in [3.8, 4) is 0 Å². The standard InChI is InChI=1S/C20H30N2O3S/c1-2-16-8-10-19(11-9-16)26(24,25)21-18-12-14-22(15-13-18)20(23)17-6-4-3-5-7-17/h8-11,17-18,21H,2-7,12-15H2,1H3. The number of sulfonamides is 1. The summed E-state index contributed by atoms with van der Waals surface area (Å²) in [5.74, 6) is 0.468. The van der Waals surface area contributed by atoms with Crippen LogP contribution in [0.25, 0.3) is 0 Å². The Labute approximate surface area is 157 Å². The lowest BCUT2D eigenvalue weighted by atomic mass is 9.87.